The Morgan fingerprint density at radius 3 is 2.59 bits per heavy atom. The van der Waals surface area contributed by atoms with Gasteiger partial charge < -0.3 is 5.32 Å². The van der Waals surface area contributed by atoms with Crippen LogP contribution in [0.4, 0.5) is 5.69 Å². The molecule has 0 saturated carbocycles. The van der Waals surface area contributed by atoms with Crippen LogP contribution in [0.1, 0.15) is 16.7 Å². The molecular weight excluding hydrogens is 230 g/mol. The van der Waals surface area contributed by atoms with Gasteiger partial charge in [0.2, 0.25) is 0 Å². The molecular formula is C13H15N3S. The lowest BCUT2D eigenvalue weighted by Gasteiger charge is -2.10. The van der Waals surface area contributed by atoms with E-state index in [1.165, 1.54) is 11.1 Å². The SMILES string of the molecule is Cc1ccc(NC(=S)n2cc(C)cn2)c(C)c1. The van der Waals surface area contributed by atoms with Gasteiger partial charge in [-0.1, -0.05) is 17.7 Å². The zero-order chi connectivity index (χ0) is 12.4. The fourth-order valence-corrected chi connectivity index (χ4v) is 1.86. The molecule has 0 aliphatic carbocycles. The van der Waals surface area contributed by atoms with E-state index < -0.39 is 0 Å². The molecule has 1 aromatic carbocycles. The van der Waals surface area contributed by atoms with Gasteiger partial charge in [0.15, 0.2) is 5.11 Å². The molecule has 0 spiro atoms. The summed E-state index contributed by atoms with van der Waals surface area (Å²) < 4.78 is 1.67. The summed E-state index contributed by atoms with van der Waals surface area (Å²) in [6, 6.07) is 6.22. The van der Waals surface area contributed by atoms with E-state index in [0.29, 0.717) is 5.11 Å². The zero-order valence-corrected chi connectivity index (χ0v) is 11.0. The van der Waals surface area contributed by atoms with Crippen molar-refractivity contribution in [1.29, 1.82) is 0 Å². The van der Waals surface area contributed by atoms with Crippen molar-refractivity contribution in [2.24, 2.45) is 0 Å². The van der Waals surface area contributed by atoms with E-state index in [1.54, 1.807) is 10.9 Å². The summed E-state index contributed by atoms with van der Waals surface area (Å²) in [5, 5.41) is 7.96. The highest BCUT2D eigenvalue weighted by Crippen LogP contribution is 2.16. The molecule has 0 saturated heterocycles. The second-order valence-corrected chi connectivity index (χ2v) is 4.60. The van der Waals surface area contributed by atoms with Crippen LogP contribution in [0.3, 0.4) is 0 Å². The van der Waals surface area contributed by atoms with Gasteiger partial charge in [0.25, 0.3) is 0 Å². The van der Waals surface area contributed by atoms with Gasteiger partial charge in [-0.2, -0.15) is 5.10 Å². The highest BCUT2D eigenvalue weighted by atomic mass is 32.1. The Bertz CT molecular complexity index is 558. The van der Waals surface area contributed by atoms with Gasteiger partial charge in [0.1, 0.15) is 0 Å². The van der Waals surface area contributed by atoms with Crippen molar-refractivity contribution in [1.82, 2.24) is 9.78 Å². The minimum Gasteiger partial charge on any atom is -0.331 e. The number of aryl methyl sites for hydroxylation is 3. The number of benzene rings is 1. The Kier molecular flexibility index (Phi) is 3.24. The number of hydrogen-bond acceptors (Lipinski definition) is 2. The highest BCUT2D eigenvalue weighted by molar-refractivity contribution is 7.80. The number of thiocarbonyl (C=S) groups is 1. The Hall–Kier alpha value is -1.68. The minimum atomic E-state index is 0.588. The summed E-state index contributed by atoms with van der Waals surface area (Å²) >= 11 is 5.30. The van der Waals surface area contributed by atoms with Gasteiger partial charge in [-0.3, -0.25) is 0 Å². The van der Waals surface area contributed by atoms with Crippen LogP contribution in [0, 0.1) is 20.8 Å². The van der Waals surface area contributed by atoms with Gasteiger partial charge in [0.05, 0.1) is 6.20 Å². The molecule has 0 bridgehead atoms. The maximum absolute atomic E-state index is 5.30. The van der Waals surface area contributed by atoms with Crippen molar-refractivity contribution in [2.75, 3.05) is 5.32 Å². The average molecular weight is 245 g/mol. The quantitative estimate of drug-likeness (QED) is 0.783. The highest BCUT2D eigenvalue weighted by Gasteiger charge is 2.04. The lowest BCUT2D eigenvalue weighted by atomic mass is 10.1. The Balaban J connectivity index is 2.18. The molecule has 0 atom stereocenters. The largest absolute Gasteiger partial charge is 0.331 e. The zero-order valence-electron chi connectivity index (χ0n) is 10.2. The monoisotopic (exact) mass is 245 g/mol. The van der Waals surface area contributed by atoms with Crippen molar-refractivity contribution in [3.8, 4) is 0 Å². The summed E-state index contributed by atoms with van der Waals surface area (Å²) in [5.74, 6) is 0. The standard InChI is InChI=1S/C13H15N3S/c1-9-4-5-12(11(3)6-9)15-13(17)16-8-10(2)7-14-16/h4-8H,1-3H3,(H,15,17). The van der Waals surface area contributed by atoms with Crippen molar-refractivity contribution in [2.45, 2.75) is 20.8 Å². The molecule has 1 N–H and O–H groups in total. The first-order valence-electron chi connectivity index (χ1n) is 5.46. The van der Waals surface area contributed by atoms with Gasteiger partial charge >= 0.3 is 0 Å². The smallest absolute Gasteiger partial charge is 0.198 e. The molecule has 0 amide bonds. The molecule has 88 valence electrons. The molecule has 4 heteroatoms. The second kappa shape index (κ2) is 4.67. The Morgan fingerprint density at radius 2 is 2.00 bits per heavy atom. The predicted octanol–water partition coefficient (Wildman–Crippen LogP) is 3.05. The lowest BCUT2D eigenvalue weighted by molar-refractivity contribution is 0.946. The molecule has 3 nitrogen and oxygen atoms in total. The third kappa shape index (κ3) is 2.71. The maximum Gasteiger partial charge on any atom is 0.198 e. The number of nitrogens with one attached hydrogen (secondary N) is 1. The molecule has 0 aliphatic rings. The number of rotatable bonds is 1. The van der Waals surface area contributed by atoms with Crippen molar-refractivity contribution < 1.29 is 0 Å². The number of aromatic nitrogens is 2. The number of nitrogens with zero attached hydrogens (tertiary/aromatic N) is 2. The van der Waals surface area contributed by atoms with Gasteiger partial charge in [-0.25, -0.2) is 4.68 Å². The molecule has 1 heterocycles. The molecule has 1 aromatic heterocycles. The van der Waals surface area contributed by atoms with Gasteiger partial charge in [-0.05, 0) is 50.2 Å². The van der Waals surface area contributed by atoms with Crippen LogP contribution < -0.4 is 5.32 Å². The summed E-state index contributed by atoms with van der Waals surface area (Å²) in [7, 11) is 0. The molecule has 0 fully saturated rings. The van der Waals surface area contributed by atoms with Crippen LogP contribution in [0.5, 0.6) is 0 Å². The maximum atomic E-state index is 5.30. The van der Waals surface area contributed by atoms with E-state index in [1.807, 2.05) is 19.2 Å². The Labute approximate surface area is 106 Å². The third-order valence-electron chi connectivity index (χ3n) is 2.54. The van der Waals surface area contributed by atoms with Crippen LogP contribution >= 0.6 is 12.2 Å². The first kappa shape index (κ1) is 11.8. The molecule has 2 rings (SSSR count). The van der Waals surface area contributed by atoms with E-state index in [0.717, 1.165) is 11.3 Å². The fraction of sp³-hybridized carbons (Fsp3) is 0.231. The molecule has 0 unspecified atom stereocenters. The van der Waals surface area contributed by atoms with Crippen molar-refractivity contribution in [3.05, 3.63) is 47.3 Å². The Morgan fingerprint density at radius 1 is 1.24 bits per heavy atom. The number of anilines is 1. The van der Waals surface area contributed by atoms with Gasteiger partial charge in [-0.15, -0.1) is 0 Å². The molecule has 0 radical (unpaired) electrons. The van der Waals surface area contributed by atoms with Crippen LogP contribution in [0.2, 0.25) is 0 Å². The first-order chi connectivity index (χ1) is 8.06. The van der Waals surface area contributed by atoms with E-state index in [4.69, 9.17) is 12.2 Å². The summed E-state index contributed by atoms with van der Waals surface area (Å²) in [5.41, 5.74) is 4.54. The van der Waals surface area contributed by atoms with Crippen molar-refractivity contribution in [3.63, 3.8) is 0 Å². The molecule has 17 heavy (non-hydrogen) atoms. The number of hydrogen-bond donors (Lipinski definition) is 1. The second-order valence-electron chi connectivity index (χ2n) is 4.21. The molecule has 0 aliphatic heterocycles. The molecule has 2 aromatic rings. The fourth-order valence-electron chi connectivity index (χ4n) is 1.65. The lowest BCUT2D eigenvalue weighted by Crippen LogP contribution is -2.19. The summed E-state index contributed by atoms with van der Waals surface area (Å²) in [6.07, 6.45) is 3.69. The van der Waals surface area contributed by atoms with Crippen LogP contribution in [0.15, 0.2) is 30.6 Å². The van der Waals surface area contributed by atoms with E-state index in [9.17, 15) is 0 Å². The van der Waals surface area contributed by atoms with E-state index >= 15 is 0 Å². The van der Waals surface area contributed by atoms with E-state index in [2.05, 4.69) is 36.4 Å². The normalized spacial score (nSPS) is 10.3. The van der Waals surface area contributed by atoms with Crippen LogP contribution in [-0.4, -0.2) is 14.9 Å². The van der Waals surface area contributed by atoms with E-state index in [-0.39, 0.29) is 0 Å². The van der Waals surface area contributed by atoms with Crippen LogP contribution in [-0.2, 0) is 0 Å². The summed E-state index contributed by atoms with van der Waals surface area (Å²) in [4.78, 5) is 0. The third-order valence-corrected chi connectivity index (χ3v) is 2.83. The average Bonchev–Trinajstić information content (AvgIpc) is 2.69. The summed E-state index contributed by atoms with van der Waals surface area (Å²) in [6.45, 7) is 6.13. The van der Waals surface area contributed by atoms with Crippen molar-refractivity contribution >= 4 is 23.0 Å². The van der Waals surface area contributed by atoms with Gasteiger partial charge in [0, 0.05) is 11.9 Å². The first-order valence-corrected chi connectivity index (χ1v) is 5.87. The minimum absolute atomic E-state index is 0.588. The topological polar surface area (TPSA) is 29.9 Å². The van der Waals surface area contributed by atoms with Crippen LogP contribution in [0.25, 0.3) is 0 Å². The predicted molar refractivity (Wildman–Crippen MR) is 74.5 cm³/mol.